The van der Waals surface area contributed by atoms with Crippen molar-refractivity contribution in [1.82, 2.24) is 0 Å². The molecule has 0 saturated heterocycles. The Hall–Kier alpha value is -2.80. The van der Waals surface area contributed by atoms with E-state index in [0.29, 0.717) is 5.90 Å². The predicted octanol–water partition coefficient (Wildman–Crippen LogP) is 5.54. The van der Waals surface area contributed by atoms with Gasteiger partial charge in [-0.15, -0.1) is 0 Å². The van der Waals surface area contributed by atoms with Crippen LogP contribution in [0.3, 0.4) is 0 Å². The van der Waals surface area contributed by atoms with E-state index in [9.17, 15) is 5.26 Å². The molecule has 0 unspecified atom stereocenters. The van der Waals surface area contributed by atoms with Crippen LogP contribution in [0.25, 0.3) is 0 Å². The lowest BCUT2D eigenvalue weighted by Crippen LogP contribution is -2.25. The summed E-state index contributed by atoms with van der Waals surface area (Å²) < 4.78 is 5.63. The number of oxime groups is 1. The maximum atomic E-state index is 10.2. The first-order valence-corrected chi connectivity index (χ1v) is 9.52. The summed E-state index contributed by atoms with van der Waals surface area (Å²) >= 11 is 0. The fraction of sp³-hybridized carbons (Fsp3) is 0.391. The molecule has 0 fully saturated rings. The Morgan fingerprint density at radius 1 is 0.926 bits per heavy atom. The van der Waals surface area contributed by atoms with E-state index in [4.69, 9.17) is 9.57 Å². The van der Waals surface area contributed by atoms with Crippen LogP contribution in [-0.2, 0) is 15.0 Å². The van der Waals surface area contributed by atoms with Gasteiger partial charge in [-0.05, 0) is 29.1 Å². The van der Waals surface area contributed by atoms with Gasteiger partial charge < -0.3 is 9.57 Å². The molecular formula is C23H26N2O2. The molecule has 0 saturated carbocycles. The smallest absolute Gasteiger partial charge is 0.271 e. The van der Waals surface area contributed by atoms with Crippen LogP contribution in [0.15, 0.2) is 65.8 Å². The molecule has 0 aliphatic carbocycles. The number of rotatable bonds is 8. The highest BCUT2D eigenvalue weighted by Gasteiger charge is 2.34. The Balaban J connectivity index is 1.64. The summed E-state index contributed by atoms with van der Waals surface area (Å²) in [7, 11) is 0. The van der Waals surface area contributed by atoms with E-state index >= 15 is 0 Å². The zero-order chi connectivity index (χ0) is 19.2. The van der Waals surface area contributed by atoms with Gasteiger partial charge in [-0.2, -0.15) is 5.26 Å². The normalized spacial score (nSPS) is 15.4. The maximum Gasteiger partial charge on any atom is 0.271 e. The van der Waals surface area contributed by atoms with Crippen LogP contribution in [0.2, 0.25) is 0 Å². The first kappa shape index (κ1) is 19.0. The van der Waals surface area contributed by atoms with Crippen molar-refractivity contribution in [2.75, 3.05) is 0 Å². The highest BCUT2D eigenvalue weighted by Crippen LogP contribution is 2.37. The molecule has 3 rings (SSSR count). The third-order valence-electron chi connectivity index (χ3n) is 4.90. The molecule has 1 heterocycles. The molecule has 0 radical (unpaired) electrons. The van der Waals surface area contributed by atoms with Gasteiger partial charge in [0.1, 0.15) is 5.41 Å². The SMILES string of the molecule is CC1(C)ON=C(CCCCCC(C#N)(c2ccccc2)c2ccccc2)O1. The van der Waals surface area contributed by atoms with Crippen molar-refractivity contribution >= 4 is 5.90 Å². The minimum atomic E-state index is -0.647. The summed E-state index contributed by atoms with van der Waals surface area (Å²) in [6.07, 6.45) is 4.47. The van der Waals surface area contributed by atoms with Crippen molar-refractivity contribution in [2.24, 2.45) is 5.16 Å². The third-order valence-corrected chi connectivity index (χ3v) is 4.90. The van der Waals surface area contributed by atoms with Crippen LogP contribution < -0.4 is 0 Å². The fourth-order valence-electron chi connectivity index (χ4n) is 3.51. The molecule has 4 nitrogen and oxygen atoms in total. The van der Waals surface area contributed by atoms with Gasteiger partial charge in [-0.1, -0.05) is 73.5 Å². The van der Waals surface area contributed by atoms with E-state index < -0.39 is 11.2 Å². The van der Waals surface area contributed by atoms with E-state index in [0.717, 1.165) is 43.2 Å². The highest BCUT2D eigenvalue weighted by atomic mass is 16.8. The largest absolute Gasteiger partial charge is 0.434 e. The Morgan fingerprint density at radius 2 is 1.52 bits per heavy atom. The van der Waals surface area contributed by atoms with Crippen LogP contribution >= 0.6 is 0 Å². The molecular weight excluding hydrogens is 336 g/mol. The number of hydrogen-bond acceptors (Lipinski definition) is 4. The molecule has 1 aliphatic heterocycles. The quantitative estimate of drug-likeness (QED) is 0.579. The summed E-state index contributed by atoms with van der Waals surface area (Å²) in [6, 6.07) is 22.8. The lowest BCUT2D eigenvalue weighted by Gasteiger charge is -2.28. The van der Waals surface area contributed by atoms with Crippen LogP contribution in [0.5, 0.6) is 0 Å². The van der Waals surface area contributed by atoms with Gasteiger partial charge in [-0.25, -0.2) is 0 Å². The van der Waals surface area contributed by atoms with Crippen LogP contribution in [0.4, 0.5) is 0 Å². The topological polar surface area (TPSA) is 54.6 Å². The second-order valence-corrected chi connectivity index (χ2v) is 7.39. The molecule has 0 aromatic heterocycles. The van der Waals surface area contributed by atoms with E-state index in [-0.39, 0.29) is 0 Å². The lowest BCUT2D eigenvalue weighted by atomic mass is 9.72. The Bertz CT molecular complexity index is 768. The van der Waals surface area contributed by atoms with Gasteiger partial charge in [0.15, 0.2) is 0 Å². The summed E-state index contributed by atoms with van der Waals surface area (Å²) in [6.45, 7) is 3.70. The van der Waals surface area contributed by atoms with Crippen LogP contribution in [0.1, 0.15) is 57.1 Å². The number of unbranched alkanes of at least 4 members (excludes halogenated alkanes) is 2. The van der Waals surface area contributed by atoms with Crippen molar-refractivity contribution < 1.29 is 9.57 Å². The first-order chi connectivity index (χ1) is 13.1. The van der Waals surface area contributed by atoms with Crippen molar-refractivity contribution in [1.29, 1.82) is 5.26 Å². The van der Waals surface area contributed by atoms with Crippen molar-refractivity contribution in [2.45, 2.75) is 57.2 Å². The molecule has 0 atom stereocenters. The van der Waals surface area contributed by atoms with Crippen molar-refractivity contribution in [3.8, 4) is 6.07 Å². The summed E-state index contributed by atoms with van der Waals surface area (Å²) in [4.78, 5) is 5.22. The molecule has 0 N–H and O–H groups in total. The van der Waals surface area contributed by atoms with Gasteiger partial charge >= 0.3 is 0 Å². The average molecular weight is 362 g/mol. The zero-order valence-corrected chi connectivity index (χ0v) is 16.0. The monoisotopic (exact) mass is 362 g/mol. The second kappa shape index (κ2) is 8.26. The lowest BCUT2D eigenvalue weighted by molar-refractivity contribution is -0.129. The zero-order valence-electron chi connectivity index (χ0n) is 16.0. The van der Waals surface area contributed by atoms with E-state index in [1.54, 1.807) is 0 Å². The summed E-state index contributed by atoms with van der Waals surface area (Å²) in [5, 5.41) is 14.2. The highest BCUT2D eigenvalue weighted by molar-refractivity contribution is 5.76. The second-order valence-electron chi connectivity index (χ2n) is 7.39. The predicted molar refractivity (Wildman–Crippen MR) is 106 cm³/mol. The molecule has 4 heteroatoms. The van der Waals surface area contributed by atoms with Crippen molar-refractivity contribution in [3.05, 3.63) is 71.8 Å². The molecule has 1 aliphatic rings. The van der Waals surface area contributed by atoms with Gasteiger partial charge in [0.2, 0.25) is 5.90 Å². The van der Waals surface area contributed by atoms with Crippen LogP contribution in [-0.4, -0.2) is 11.7 Å². The number of benzene rings is 2. The molecule has 0 amide bonds. The van der Waals surface area contributed by atoms with E-state index in [1.165, 1.54) is 0 Å². The van der Waals surface area contributed by atoms with E-state index in [2.05, 4.69) is 35.5 Å². The Kier molecular flexibility index (Phi) is 5.81. The van der Waals surface area contributed by atoms with Crippen molar-refractivity contribution in [3.63, 3.8) is 0 Å². The number of nitriles is 1. The van der Waals surface area contributed by atoms with Crippen LogP contribution in [0, 0.1) is 11.3 Å². The fourth-order valence-corrected chi connectivity index (χ4v) is 3.51. The third kappa shape index (κ3) is 4.49. The number of ether oxygens (including phenoxy) is 1. The van der Waals surface area contributed by atoms with Gasteiger partial charge in [0, 0.05) is 20.3 Å². The Labute approximate surface area is 161 Å². The van der Waals surface area contributed by atoms with Gasteiger partial charge in [-0.3, -0.25) is 0 Å². The number of nitrogens with zero attached hydrogens (tertiary/aromatic N) is 2. The molecule has 140 valence electrons. The van der Waals surface area contributed by atoms with E-state index in [1.807, 2.05) is 50.2 Å². The summed E-state index contributed by atoms with van der Waals surface area (Å²) in [5.74, 6) is 0.0176. The number of hydrogen-bond donors (Lipinski definition) is 0. The molecule has 2 aromatic carbocycles. The Morgan fingerprint density at radius 3 is 2.00 bits per heavy atom. The van der Waals surface area contributed by atoms with Gasteiger partial charge in [0.25, 0.3) is 5.79 Å². The molecule has 2 aromatic rings. The molecule has 0 spiro atoms. The average Bonchev–Trinajstić information content (AvgIpc) is 3.05. The summed E-state index contributed by atoms with van der Waals surface area (Å²) in [5.41, 5.74) is 1.49. The molecule has 0 bridgehead atoms. The minimum absolute atomic E-state index is 0.616. The standard InChI is InChI=1S/C23H26N2O2/c1-22(2)26-21(25-27-22)16-10-5-11-17-23(18-24,19-12-6-3-7-13-19)20-14-8-4-9-15-20/h3-4,6-9,12-15H,5,10-11,16-17H2,1-2H3. The minimum Gasteiger partial charge on any atom is -0.434 e. The maximum absolute atomic E-state index is 10.2. The van der Waals surface area contributed by atoms with Gasteiger partial charge in [0.05, 0.1) is 6.07 Å². The molecule has 27 heavy (non-hydrogen) atoms. The first-order valence-electron chi connectivity index (χ1n) is 9.52.